The zero-order chi connectivity index (χ0) is 15.4. The van der Waals surface area contributed by atoms with Gasteiger partial charge in [0, 0.05) is 16.6 Å². The summed E-state index contributed by atoms with van der Waals surface area (Å²) >= 11 is 7.00. The summed E-state index contributed by atoms with van der Waals surface area (Å²) in [6.07, 6.45) is 0. The Bertz CT molecular complexity index is 598. The minimum atomic E-state index is 0.255. The summed E-state index contributed by atoms with van der Waals surface area (Å²) in [4.78, 5) is 0. The molecule has 0 saturated heterocycles. The highest BCUT2D eigenvalue weighted by molar-refractivity contribution is 9.10. The van der Waals surface area contributed by atoms with Gasteiger partial charge < -0.3 is 10.1 Å². The van der Waals surface area contributed by atoms with E-state index in [0.29, 0.717) is 0 Å². The number of hydrogen-bond donors (Lipinski definition) is 1. The maximum absolute atomic E-state index is 5.27. The second-order valence-corrected chi connectivity index (χ2v) is 6.83. The number of benzene rings is 2. The molecule has 4 heteroatoms. The predicted molar refractivity (Wildman–Crippen MR) is 94.8 cm³/mol. The van der Waals surface area contributed by atoms with Gasteiger partial charge in [-0.05, 0) is 65.2 Å². The molecular formula is C17H19Br2NO. The molecule has 0 spiro atoms. The van der Waals surface area contributed by atoms with Gasteiger partial charge in [0.15, 0.2) is 0 Å². The van der Waals surface area contributed by atoms with E-state index in [1.807, 2.05) is 6.07 Å². The first kappa shape index (κ1) is 16.5. The molecule has 2 nitrogen and oxygen atoms in total. The van der Waals surface area contributed by atoms with Crippen LogP contribution < -0.4 is 10.1 Å². The van der Waals surface area contributed by atoms with Crippen LogP contribution in [0.25, 0.3) is 0 Å². The van der Waals surface area contributed by atoms with Crippen molar-refractivity contribution < 1.29 is 4.74 Å². The molecule has 0 saturated carbocycles. The van der Waals surface area contributed by atoms with Crippen molar-refractivity contribution in [1.29, 1.82) is 0 Å². The van der Waals surface area contributed by atoms with Gasteiger partial charge in [0.1, 0.15) is 5.75 Å². The quantitative estimate of drug-likeness (QED) is 0.686. The average Bonchev–Trinajstić information content (AvgIpc) is 2.47. The molecule has 2 aromatic carbocycles. The Morgan fingerprint density at radius 1 is 0.905 bits per heavy atom. The van der Waals surface area contributed by atoms with Crippen LogP contribution in [0.3, 0.4) is 0 Å². The van der Waals surface area contributed by atoms with E-state index in [1.165, 1.54) is 11.1 Å². The SMILES string of the molecule is COc1ccc(C(C)N[C@H](C)c2ccc(Br)cc2)cc1Br. The van der Waals surface area contributed by atoms with Gasteiger partial charge in [-0.25, -0.2) is 0 Å². The second-order valence-electron chi connectivity index (χ2n) is 5.06. The highest BCUT2D eigenvalue weighted by Crippen LogP contribution is 2.29. The summed E-state index contributed by atoms with van der Waals surface area (Å²) in [5.41, 5.74) is 2.50. The fourth-order valence-electron chi connectivity index (χ4n) is 2.27. The molecule has 0 bridgehead atoms. The van der Waals surface area contributed by atoms with E-state index in [0.717, 1.165) is 14.7 Å². The maximum atomic E-state index is 5.27. The molecule has 0 radical (unpaired) electrons. The summed E-state index contributed by atoms with van der Waals surface area (Å²) in [7, 11) is 1.68. The maximum Gasteiger partial charge on any atom is 0.133 e. The zero-order valence-corrected chi connectivity index (χ0v) is 15.5. The largest absolute Gasteiger partial charge is 0.496 e. The van der Waals surface area contributed by atoms with Gasteiger partial charge >= 0.3 is 0 Å². The Balaban J connectivity index is 2.08. The fraction of sp³-hybridized carbons (Fsp3) is 0.294. The van der Waals surface area contributed by atoms with Crippen LogP contribution in [0.1, 0.15) is 37.1 Å². The van der Waals surface area contributed by atoms with Crippen LogP contribution in [-0.4, -0.2) is 7.11 Å². The Morgan fingerprint density at radius 3 is 2.05 bits per heavy atom. The molecule has 2 aromatic rings. The molecule has 0 heterocycles. The Morgan fingerprint density at radius 2 is 1.48 bits per heavy atom. The van der Waals surface area contributed by atoms with Crippen molar-refractivity contribution in [1.82, 2.24) is 5.32 Å². The van der Waals surface area contributed by atoms with E-state index in [-0.39, 0.29) is 12.1 Å². The lowest BCUT2D eigenvalue weighted by Gasteiger charge is -2.21. The minimum Gasteiger partial charge on any atom is -0.496 e. The van der Waals surface area contributed by atoms with Crippen LogP contribution in [-0.2, 0) is 0 Å². The summed E-state index contributed by atoms with van der Waals surface area (Å²) in [5.74, 6) is 0.854. The van der Waals surface area contributed by atoms with Gasteiger partial charge in [-0.1, -0.05) is 34.1 Å². The van der Waals surface area contributed by atoms with E-state index in [2.05, 4.69) is 87.4 Å². The molecule has 0 amide bonds. The Labute approximate surface area is 143 Å². The first-order chi connectivity index (χ1) is 10.0. The normalized spacial score (nSPS) is 13.8. The van der Waals surface area contributed by atoms with Crippen molar-refractivity contribution in [3.8, 4) is 5.75 Å². The van der Waals surface area contributed by atoms with Crippen molar-refractivity contribution in [2.75, 3.05) is 7.11 Å². The lowest BCUT2D eigenvalue weighted by Crippen LogP contribution is -2.22. The van der Waals surface area contributed by atoms with Crippen molar-refractivity contribution in [2.24, 2.45) is 0 Å². The zero-order valence-electron chi connectivity index (χ0n) is 12.4. The minimum absolute atomic E-state index is 0.255. The number of methoxy groups -OCH3 is 1. The van der Waals surface area contributed by atoms with E-state index in [1.54, 1.807) is 7.11 Å². The van der Waals surface area contributed by atoms with E-state index in [9.17, 15) is 0 Å². The molecule has 0 aliphatic rings. The molecule has 21 heavy (non-hydrogen) atoms. The van der Waals surface area contributed by atoms with Crippen LogP contribution in [0, 0.1) is 0 Å². The van der Waals surface area contributed by atoms with Gasteiger partial charge in [-0.3, -0.25) is 0 Å². The summed E-state index contributed by atoms with van der Waals surface area (Å²) in [5, 5.41) is 3.62. The number of rotatable bonds is 5. The third-order valence-corrected chi connectivity index (χ3v) is 4.69. The van der Waals surface area contributed by atoms with E-state index in [4.69, 9.17) is 4.74 Å². The fourth-order valence-corrected chi connectivity index (χ4v) is 3.09. The molecule has 1 N–H and O–H groups in total. The van der Waals surface area contributed by atoms with Crippen molar-refractivity contribution in [2.45, 2.75) is 25.9 Å². The highest BCUT2D eigenvalue weighted by atomic mass is 79.9. The van der Waals surface area contributed by atoms with E-state index < -0.39 is 0 Å². The average molecular weight is 413 g/mol. The molecule has 112 valence electrons. The topological polar surface area (TPSA) is 21.3 Å². The molecule has 0 aromatic heterocycles. The van der Waals surface area contributed by atoms with Gasteiger partial charge in [0.25, 0.3) is 0 Å². The van der Waals surface area contributed by atoms with Crippen LogP contribution in [0.5, 0.6) is 5.75 Å². The van der Waals surface area contributed by atoms with E-state index >= 15 is 0 Å². The predicted octanol–water partition coefficient (Wildman–Crippen LogP) is 5.63. The van der Waals surface area contributed by atoms with Gasteiger partial charge in [0.05, 0.1) is 11.6 Å². The molecule has 1 unspecified atom stereocenters. The first-order valence-electron chi connectivity index (χ1n) is 6.86. The lowest BCUT2D eigenvalue weighted by molar-refractivity contribution is 0.411. The number of halogens is 2. The number of nitrogens with one attached hydrogen (secondary N) is 1. The summed E-state index contributed by atoms with van der Waals surface area (Å²) in [6.45, 7) is 4.35. The summed E-state index contributed by atoms with van der Waals surface area (Å²) < 4.78 is 7.35. The smallest absolute Gasteiger partial charge is 0.133 e. The third-order valence-electron chi connectivity index (χ3n) is 3.55. The lowest BCUT2D eigenvalue weighted by atomic mass is 10.0. The highest BCUT2D eigenvalue weighted by Gasteiger charge is 2.12. The van der Waals surface area contributed by atoms with Crippen molar-refractivity contribution >= 4 is 31.9 Å². The second kappa shape index (κ2) is 7.43. The summed E-state index contributed by atoms with van der Waals surface area (Å²) in [6, 6.07) is 15.1. The van der Waals surface area contributed by atoms with Gasteiger partial charge in [-0.2, -0.15) is 0 Å². The standard InChI is InChI=1S/C17H19Br2NO/c1-11(13-4-7-15(18)8-5-13)20-12(2)14-6-9-17(21-3)16(19)10-14/h4-12,20H,1-3H3/t11-,12?/m1/s1. The molecule has 2 atom stereocenters. The molecule has 0 aliphatic carbocycles. The Kier molecular flexibility index (Phi) is 5.85. The van der Waals surface area contributed by atoms with Crippen LogP contribution in [0.2, 0.25) is 0 Å². The number of ether oxygens (including phenoxy) is 1. The van der Waals surface area contributed by atoms with Crippen molar-refractivity contribution in [3.05, 3.63) is 62.5 Å². The molecular weight excluding hydrogens is 394 g/mol. The monoisotopic (exact) mass is 411 g/mol. The third kappa shape index (κ3) is 4.31. The van der Waals surface area contributed by atoms with Crippen LogP contribution >= 0.6 is 31.9 Å². The number of hydrogen-bond acceptors (Lipinski definition) is 2. The molecule has 0 aliphatic heterocycles. The van der Waals surface area contributed by atoms with Crippen molar-refractivity contribution in [3.63, 3.8) is 0 Å². The first-order valence-corrected chi connectivity index (χ1v) is 8.45. The van der Waals surface area contributed by atoms with Gasteiger partial charge in [-0.15, -0.1) is 0 Å². The Hall–Kier alpha value is -0.840. The molecule has 2 rings (SSSR count). The molecule has 0 fully saturated rings. The van der Waals surface area contributed by atoms with Crippen LogP contribution in [0.15, 0.2) is 51.4 Å². The van der Waals surface area contributed by atoms with Crippen LogP contribution in [0.4, 0.5) is 0 Å². The van der Waals surface area contributed by atoms with Gasteiger partial charge in [0.2, 0.25) is 0 Å².